The van der Waals surface area contributed by atoms with Crippen LogP contribution in [0, 0.1) is 5.92 Å². The first kappa shape index (κ1) is 16.0. The highest BCUT2D eigenvalue weighted by molar-refractivity contribution is 5.81. The molecule has 2 N–H and O–H groups in total. The summed E-state index contributed by atoms with van der Waals surface area (Å²) in [6.45, 7) is -0.910. The average Bonchev–Trinajstić information content (AvgIpc) is 2.24. The summed E-state index contributed by atoms with van der Waals surface area (Å²) in [6, 6.07) is -0.978. The van der Waals surface area contributed by atoms with Crippen LogP contribution in [-0.4, -0.2) is 55.5 Å². The Bertz CT molecular complexity index is 316. The van der Waals surface area contributed by atoms with Gasteiger partial charge in [0.25, 0.3) is 0 Å². The van der Waals surface area contributed by atoms with Crippen LogP contribution >= 0.6 is 0 Å². The van der Waals surface area contributed by atoms with Crippen LogP contribution in [0.15, 0.2) is 0 Å². The minimum Gasteiger partial charge on any atom is -0.377 e. The van der Waals surface area contributed by atoms with Gasteiger partial charge in [-0.1, -0.05) is 0 Å². The average molecular weight is 294 g/mol. The van der Waals surface area contributed by atoms with E-state index in [2.05, 4.69) is 0 Å². The van der Waals surface area contributed by atoms with Crippen LogP contribution < -0.4 is 5.73 Å². The van der Waals surface area contributed by atoms with Crippen LogP contribution in [0.3, 0.4) is 0 Å². The van der Waals surface area contributed by atoms with Crippen molar-refractivity contribution in [3.63, 3.8) is 0 Å². The number of ether oxygens (including phenoxy) is 1. The van der Waals surface area contributed by atoms with Crippen molar-refractivity contribution in [1.82, 2.24) is 4.90 Å². The number of carbonyl (C=O) groups is 1. The molecule has 0 aromatic heterocycles. The molecule has 0 bridgehead atoms. The molecule has 1 amide bonds. The zero-order chi connectivity index (χ0) is 14.8. The highest BCUT2D eigenvalue weighted by Gasteiger charge is 2.62. The maximum absolute atomic E-state index is 12.4. The van der Waals surface area contributed by atoms with Crippen LogP contribution in [-0.2, 0) is 9.53 Å². The summed E-state index contributed by atoms with van der Waals surface area (Å²) in [5.41, 5.74) is 5.21. The van der Waals surface area contributed by atoms with Crippen LogP contribution in [0.5, 0.6) is 0 Å². The fraction of sp³-hybridized carbons (Fsp3) is 0.889. The smallest absolute Gasteiger partial charge is 0.377 e. The van der Waals surface area contributed by atoms with E-state index in [9.17, 15) is 31.1 Å². The van der Waals surface area contributed by atoms with E-state index in [1.807, 2.05) is 0 Å². The lowest BCUT2D eigenvalue weighted by molar-refractivity contribution is -0.279. The van der Waals surface area contributed by atoms with Gasteiger partial charge in [-0.2, -0.15) is 26.3 Å². The molecule has 0 aliphatic carbocycles. The lowest BCUT2D eigenvalue weighted by Gasteiger charge is -2.37. The van der Waals surface area contributed by atoms with E-state index in [1.54, 1.807) is 0 Å². The van der Waals surface area contributed by atoms with E-state index in [4.69, 9.17) is 10.5 Å². The molecule has 1 fully saturated rings. The molecule has 0 radical (unpaired) electrons. The number of rotatable bonds is 2. The highest BCUT2D eigenvalue weighted by atomic mass is 19.4. The van der Waals surface area contributed by atoms with Crippen molar-refractivity contribution in [2.24, 2.45) is 11.7 Å². The van der Waals surface area contributed by atoms with Crippen LogP contribution in [0.25, 0.3) is 0 Å². The van der Waals surface area contributed by atoms with Crippen molar-refractivity contribution in [2.45, 2.75) is 18.4 Å². The second-order valence-electron chi connectivity index (χ2n) is 4.01. The predicted octanol–water partition coefficient (Wildman–Crippen LogP) is 0.913. The van der Waals surface area contributed by atoms with Gasteiger partial charge < -0.3 is 15.4 Å². The summed E-state index contributed by atoms with van der Waals surface area (Å²) in [5, 5.41) is 0. The summed E-state index contributed by atoms with van der Waals surface area (Å²) >= 11 is 0. The number of carbonyl (C=O) groups excluding carboxylic acids is 1. The zero-order valence-electron chi connectivity index (χ0n) is 9.59. The first-order valence-corrected chi connectivity index (χ1v) is 5.30. The van der Waals surface area contributed by atoms with E-state index in [-0.39, 0.29) is 26.3 Å². The molecule has 1 heterocycles. The van der Waals surface area contributed by atoms with Crippen LogP contribution in [0.1, 0.15) is 0 Å². The maximum Gasteiger partial charge on any atom is 0.409 e. The standard InChI is InChI=1S/C9H12F6N2O2/c10-8(11,12)6(9(13,14)15)7(18)17-1-2-19-4-5(17)3-16/h5-6H,1-4,16H2. The zero-order valence-corrected chi connectivity index (χ0v) is 9.59. The normalized spacial score (nSPS) is 21.9. The third-order valence-electron chi connectivity index (χ3n) is 2.68. The molecule has 112 valence electrons. The fourth-order valence-corrected chi connectivity index (χ4v) is 1.77. The molecule has 0 aromatic carbocycles. The number of nitrogens with two attached hydrogens (primary N) is 1. The molecule has 1 saturated heterocycles. The summed E-state index contributed by atoms with van der Waals surface area (Å²) in [7, 11) is 0. The van der Waals surface area contributed by atoms with Crippen molar-refractivity contribution in [2.75, 3.05) is 26.3 Å². The second-order valence-corrected chi connectivity index (χ2v) is 4.01. The Morgan fingerprint density at radius 3 is 2.21 bits per heavy atom. The first-order chi connectivity index (χ1) is 8.59. The quantitative estimate of drug-likeness (QED) is 0.770. The Morgan fingerprint density at radius 1 is 1.26 bits per heavy atom. The number of alkyl halides is 6. The van der Waals surface area contributed by atoms with Gasteiger partial charge in [0.15, 0.2) is 0 Å². The molecule has 10 heteroatoms. The molecule has 1 aliphatic heterocycles. The molecular formula is C9H12F6N2O2. The van der Waals surface area contributed by atoms with Gasteiger partial charge in [-0.05, 0) is 0 Å². The van der Waals surface area contributed by atoms with Gasteiger partial charge >= 0.3 is 12.4 Å². The topological polar surface area (TPSA) is 55.6 Å². The van der Waals surface area contributed by atoms with Crippen LogP contribution in [0.2, 0.25) is 0 Å². The van der Waals surface area contributed by atoms with Gasteiger partial charge in [-0.3, -0.25) is 4.79 Å². The third-order valence-corrected chi connectivity index (χ3v) is 2.68. The van der Waals surface area contributed by atoms with Crippen molar-refractivity contribution in [3.05, 3.63) is 0 Å². The highest BCUT2D eigenvalue weighted by Crippen LogP contribution is 2.40. The molecule has 1 atom stereocenters. The Kier molecular flexibility index (Phi) is 4.67. The van der Waals surface area contributed by atoms with Crippen molar-refractivity contribution < 1.29 is 35.9 Å². The first-order valence-electron chi connectivity index (χ1n) is 5.30. The number of hydrogen-bond donors (Lipinski definition) is 1. The van der Waals surface area contributed by atoms with Gasteiger partial charge in [0.2, 0.25) is 11.8 Å². The summed E-state index contributed by atoms with van der Waals surface area (Å²) in [5.74, 6) is -6.05. The molecule has 1 aliphatic rings. The number of halogens is 6. The molecular weight excluding hydrogens is 282 g/mol. The summed E-state index contributed by atoms with van der Waals surface area (Å²) in [4.78, 5) is 12.0. The minimum absolute atomic E-state index is 0.120. The van der Waals surface area contributed by atoms with Crippen LogP contribution in [0.4, 0.5) is 26.3 Å². The van der Waals surface area contributed by atoms with E-state index < -0.39 is 30.2 Å². The number of nitrogens with zero attached hydrogens (tertiary/aromatic N) is 1. The SMILES string of the molecule is NCC1COCCN1C(=O)C(C(F)(F)F)C(F)(F)F. The van der Waals surface area contributed by atoms with Gasteiger partial charge in [-0.15, -0.1) is 0 Å². The van der Waals surface area contributed by atoms with Gasteiger partial charge in [0.05, 0.1) is 19.3 Å². The van der Waals surface area contributed by atoms with E-state index in [0.29, 0.717) is 4.90 Å². The minimum atomic E-state index is -5.69. The van der Waals surface area contributed by atoms with Gasteiger partial charge in [-0.25, -0.2) is 0 Å². The number of morpholine rings is 1. The van der Waals surface area contributed by atoms with Crippen molar-refractivity contribution >= 4 is 5.91 Å². The van der Waals surface area contributed by atoms with E-state index in [0.717, 1.165) is 0 Å². The number of amides is 1. The van der Waals surface area contributed by atoms with E-state index in [1.165, 1.54) is 0 Å². The third kappa shape index (κ3) is 3.72. The summed E-state index contributed by atoms with van der Waals surface area (Å²) in [6.07, 6.45) is -11.4. The lowest BCUT2D eigenvalue weighted by Crippen LogP contribution is -2.58. The molecule has 1 unspecified atom stereocenters. The molecule has 0 saturated carbocycles. The largest absolute Gasteiger partial charge is 0.409 e. The Labute approximate surface area is 104 Å². The molecule has 0 spiro atoms. The van der Waals surface area contributed by atoms with Gasteiger partial charge in [0.1, 0.15) is 0 Å². The molecule has 1 rings (SSSR count). The summed E-state index contributed by atoms with van der Waals surface area (Å²) < 4.78 is 79.4. The Morgan fingerprint density at radius 2 is 1.79 bits per heavy atom. The predicted molar refractivity (Wildman–Crippen MR) is 51.0 cm³/mol. The van der Waals surface area contributed by atoms with Gasteiger partial charge in [0, 0.05) is 13.1 Å². The number of hydrogen-bond acceptors (Lipinski definition) is 3. The second kappa shape index (κ2) is 5.53. The Balaban J connectivity index is 2.99. The monoisotopic (exact) mass is 294 g/mol. The lowest BCUT2D eigenvalue weighted by atomic mass is 10.0. The maximum atomic E-state index is 12.4. The van der Waals surface area contributed by atoms with Crippen molar-refractivity contribution in [3.8, 4) is 0 Å². The fourth-order valence-electron chi connectivity index (χ4n) is 1.77. The Hall–Kier alpha value is -1.03. The molecule has 0 aromatic rings. The van der Waals surface area contributed by atoms with E-state index >= 15 is 0 Å². The van der Waals surface area contributed by atoms with Crippen molar-refractivity contribution in [1.29, 1.82) is 0 Å². The molecule has 4 nitrogen and oxygen atoms in total. The molecule has 19 heavy (non-hydrogen) atoms.